The first-order valence-electron chi connectivity index (χ1n) is 11.0. The van der Waals surface area contributed by atoms with Crippen molar-refractivity contribution in [2.24, 2.45) is 5.10 Å². The topological polar surface area (TPSA) is 113 Å². The summed E-state index contributed by atoms with van der Waals surface area (Å²) in [5.74, 6) is 0.00439. The SMILES string of the molecule is COc1cc(C=NNC(=O)CC(=O)Nc2ccc(C)c(C)c2)cc(Br)c1OCc1ccc(C#N)cc1. The number of hydrogen-bond donors (Lipinski definition) is 2. The van der Waals surface area contributed by atoms with Crippen LogP contribution in [-0.4, -0.2) is 25.1 Å². The van der Waals surface area contributed by atoms with Crippen LogP contribution in [0.4, 0.5) is 5.69 Å². The summed E-state index contributed by atoms with van der Waals surface area (Å²) < 4.78 is 12.0. The van der Waals surface area contributed by atoms with Crippen LogP contribution in [-0.2, 0) is 16.2 Å². The zero-order chi connectivity index (χ0) is 26.1. The number of methoxy groups -OCH3 is 1. The number of aryl methyl sites for hydroxylation is 2. The van der Waals surface area contributed by atoms with Crippen LogP contribution in [0.15, 0.2) is 64.2 Å². The Kier molecular flexibility index (Phi) is 9.19. The molecule has 0 heterocycles. The minimum absolute atomic E-state index is 0.286. The summed E-state index contributed by atoms with van der Waals surface area (Å²) in [7, 11) is 1.52. The Labute approximate surface area is 218 Å². The van der Waals surface area contributed by atoms with Crippen LogP contribution in [0.25, 0.3) is 0 Å². The van der Waals surface area contributed by atoms with Crippen molar-refractivity contribution in [1.29, 1.82) is 5.26 Å². The molecule has 0 atom stereocenters. The number of hydrazone groups is 1. The molecule has 0 saturated heterocycles. The average molecular weight is 549 g/mol. The Morgan fingerprint density at radius 3 is 2.47 bits per heavy atom. The smallest absolute Gasteiger partial charge is 0.249 e. The molecule has 0 unspecified atom stereocenters. The summed E-state index contributed by atoms with van der Waals surface area (Å²) in [4.78, 5) is 24.2. The molecular weight excluding hydrogens is 524 g/mol. The zero-order valence-electron chi connectivity index (χ0n) is 20.1. The van der Waals surface area contributed by atoms with Gasteiger partial charge in [-0.2, -0.15) is 10.4 Å². The third kappa shape index (κ3) is 7.42. The van der Waals surface area contributed by atoms with Crippen LogP contribution in [0.1, 0.15) is 34.2 Å². The fraction of sp³-hybridized carbons (Fsp3) is 0.185. The number of carbonyl (C=O) groups excluding carboxylic acids is 2. The minimum Gasteiger partial charge on any atom is -0.493 e. The predicted molar refractivity (Wildman–Crippen MR) is 141 cm³/mol. The molecule has 0 aromatic heterocycles. The van der Waals surface area contributed by atoms with Crippen molar-refractivity contribution in [3.8, 4) is 17.6 Å². The van der Waals surface area contributed by atoms with Crippen molar-refractivity contribution < 1.29 is 19.1 Å². The Hall–Kier alpha value is -4.16. The van der Waals surface area contributed by atoms with E-state index in [1.165, 1.54) is 13.3 Å². The molecule has 8 nitrogen and oxygen atoms in total. The predicted octanol–water partition coefficient (Wildman–Crippen LogP) is 5.00. The van der Waals surface area contributed by atoms with E-state index < -0.39 is 11.8 Å². The largest absolute Gasteiger partial charge is 0.493 e. The Balaban J connectivity index is 1.56. The molecule has 0 aliphatic heterocycles. The molecule has 0 bridgehead atoms. The second-order valence-corrected chi connectivity index (χ2v) is 8.80. The summed E-state index contributed by atoms with van der Waals surface area (Å²) in [6.07, 6.45) is 1.08. The van der Waals surface area contributed by atoms with Crippen LogP contribution in [0.3, 0.4) is 0 Å². The van der Waals surface area contributed by atoms with Gasteiger partial charge in [-0.25, -0.2) is 5.43 Å². The maximum Gasteiger partial charge on any atom is 0.249 e. The van der Waals surface area contributed by atoms with Gasteiger partial charge in [0.2, 0.25) is 11.8 Å². The quantitative estimate of drug-likeness (QED) is 0.222. The third-order valence-electron chi connectivity index (χ3n) is 5.23. The molecule has 0 fully saturated rings. The lowest BCUT2D eigenvalue weighted by Crippen LogP contribution is -2.24. The van der Waals surface area contributed by atoms with Crippen LogP contribution in [0.5, 0.6) is 11.5 Å². The Bertz CT molecular complexity index is 1330. The van der Waals surface area contributed by atoms with Gasteiger partial charge in [-0.05, 0) is 88.4 Å². The summed E-state index contributed by atoms with van der Waals surface area (Å²) in [5, 5.41) is 15.6. The molecule has 36 heavy (non-hydrogen) atoms. The summed E-state index contributed by atoms with van der Waals surface area (Å²) in [6.45, 7) is 4.22. The summed E-state index contributed by atoms with van der Waals surface area (Å²) in [6, 6.07) is 18.2. The van der Waals surface area contributed by atoms with Crippen molar-refractivity contribution >= 4 is 39.6 Å². The number of amides is 2. The van der Waals surface area contributed by atoms with E-state index in [0.717, 1.165) is 16.7 Å². The van der Waals surface area contributed by atoms with E-state index >= 15 is 0 Å². The van der Waals surface area contributed by atoms with E-state index in [2.05, 4.69) is 37.8 Å². The molecule has 0 aliphatic carbocycles. The number of carbonyl (C=O) groups is 2. The molecule has 0 aliphatic rings. The highest BCUT2D eigenvalue weighted by Crippen LogP contribution is 2.36. The number of anilines is 1. The number of ether oxygens (including phenoxy) is 2. The lowest BCUT2D eigenvalue weighted by Gasteiger charge is -2.13. The molecule has 9 heteroatoms. The number of nitriles is 1. The number of nitrogens with one attached hydrogen (secondary N) is 2. The van der Waals surface area contributed by atoms with Crippen LogP contribution in [0, 0.1) is 25.2 Å². The molecule has 0 spiro atoms. The third-order valence-corrected chi connectivity index (χ3v) is 5.82. The first-order valence-corrected chi connectivity index (χ1v) is 11.8. The fourth-order valence-corrected chi connectivity index (χ4v) is 3.75. The van der Waals surface area contributed by atoms with Gasteiger partial charge in [-0.1, -0.05) is 18.2 Å². The lowest BCUT2D eigenvalue weighted by molar-refractivity contribution is -0.126. The van der Waals surface area contributed by atoms with Crippen LogP contribution < -0.4 is 20.2 Å². The molecule has 2 amide bonds. The summed E-state index contributed by atoms with van der Waals surface area (Å²) >= 11 is 3.48. The molecule has 0 radical (unpaired) electrons. The average Bonchev–Trinajstić information content (AvgIpc) is 2.85. The zero-order valence-corrected chi connectivity index (χ0v) is 21.7. The van der Waals surface area contributed by atoms with E-state index in [0.29, 0.717) is 32.8 Å². The molecule has 3 rings (SSSR count). The fourth-order valence-electron chi connectivity index (χ4n) is 3.17. The van der Waals surface area contributed by atoms with Crippen LogP contribution in [0.2, 0.25) is 0 Å². The maximum absolute atomic E-state index is 12.1. The Morgan fingerprint density at radius 1 is 1.06 bits per heavy atom. The van der Waals surface area contributed by atoms with Gasteiger partial charge in [0, 0.05) is 5.69 Å². The van der Waals surface area contributed by atoms with Gasteiger partial charge in [-0.15, -0.1) is 0 Å². The molecule has 3 aromatic carbocycles. The Morgan fingerprint density at radius 2 is 1.81 bits per heavy atom. The summed E-state index contributed by atoms with van der Waals surface area (Å²) in [5.41, 5.74) is 7.28. The van der Waals surface area contributed by atoms with E-state index in [9.17, 15) is 9.59 Å². The van der Waals surface area contributed by atoms with Gasteiger partial charge < -0.3 is 14.8 Å². The number of hydrogen-bond acceptors (Lipinski definition) is 6. The van der Waals surface area contributed by atoms with E-state index in [4.69, 9.17) is 14.7 Å². The second-order valence-electron chi connectivity index (χ2n) is 7.95. The highest BCUT2D eigenvalue weighted by atomic mass is 79.9. The van der Waals surface area contributed by atoms with Gasteiger partial charge in [0.05, 0.1) is 29.4 Å². The van der Waals surface area contributed by atoms with Gasteiger partial charge in [0.1, 0.15) is 13.0 Å². The maximum atomic E-state index is 12.1. The van der Waals surface area contributed by atoms with Crippen molar-refractivity contribution in [2.45, 2.75) is 26.9 Å². The highest BCUT2D eigenvalue weighted by Gasteiger charge is 2.13. The van der Waals surface area contributed by atoms with Crippen molar-refractivity contribution in [1.82, 2.24) is 5.43 Å². The highest BCUT2D eigenvalue weighted by molar-refractivity contribution is 9.10. The van der Waals surface area contributed by atoms with Crippen LogP contribution >= 0.6 is 15.9 Å². The van der Waals surface area contributed by atoms with Gasteiger partial charge in [0.15, 0.2) is 11.5 Å². The van der Waals surface area contributed by atoms with Gasteiger partial charge >= 0.3 is 0 Å². The molecule has 0 saturated carbocycles. The van der Waals surface area contributed by atoms with Crippen molar-refractivity contribution in [2.75, 3.05) is 12.4 Å². The number of rotatable bonds is 9. The van der Waals surface area contributed by atoms with Gasteiger partial charge in [-0.3, -0.25) is 9.59 Å². The van der Waals surface area contributed by atoms with E-state index in [1.54, 1.807) is 30.3 Å². The molecule has 184 valence electrons. The lowest BCUT2D eigenvalue weighted by atomic mass is 10.1. The van der Waals surface area contributed by atoms with Gasteiger partial charge in [0.25, 0.3) is 0 Å². The first-order chi connectivity index (χ1) is 17.3. The first kappa shape index (κ1) is 26.4. The van der Waals surface area contributed by atoms with Crippen molar-refractivity contribution in [3.63, 3.8) is 0 Å². The second kappa shape index (κ2) is 12.5. The molecule has 2 N–H and O–H groups in total. The minimum atomic E-state index is -0.541. The van der Waals surface area contributed by atoms with E-state index in [-0.39, 0.29) is 13.0 Å². The normalized spacial score (nSPS) is 10.5. The number of halogens is 1. The number of nitrogens with zero attached hydrogens (tertiary/aromatic N) is 2. The van der Waals surface area contributed by atoms with Crippen molar-refractivity contribution in [3.05, 3.63) is 86.9 Å². The van der Waals surface area contributed by atoms with E-state index in [1.807, 2.05) is 38.1 Å². The monoisotopic (exact) mass is 548 g/mol. The molecular formula is C27H25BrN4O4. The standard InChI is InChI=1S/C27H25BrN4O4/c1-17-4-9-22(10-18(17)2)31-25(33)13-26(34)32-30-15-21-11-23(28)27(24(12-21)35-3)36-16-20-7-5-19(14-29)6-8-20/h4-12,15H,13,16H2,1-3H3,(H,31,33)(H,32,34). The molecule has 3 aromatic rings. The number of benzene rings is 3.